The molecule has 1 rings (SSSR count). The first kappa shape index (κ1) is 17.9. The van der Waals surface area contributed by atoms with E-state index in [4.69, 9.17) is 0 Å². The van der Waals surface area contributed by atoms with Crippen molar-refractivity contribution < 1.29 is 22.4 Å². The Morgan fingerprint density at radius 3 is 2.29 bits per heavy atom. The van der Waals surface area contributed by atoms with Crippen LogP contribution in [0.5, 0.6) is 0 Å². The Morgan fingerprint density at radius 1 is 1.29 bits per heavy atom. The molecule has 0 aromatic heterocycles. The fourth-order valence-electron chi connectivity index (χ4n) is 1.73. The van der Waals surface area contributed by atoms with E-state index in [-0.39, 0.29) is 11.0 Å². The van der Waals surface area contributed by atoms with Crippen LogP contribution in [-0.4, -0.2) is 33.7 Å². The average molecular weight is 328 g/mol. The molecule has 0 aliphatic rings. The first-order valence-electron chi connectivity index (χ1n) is 6.34. The van der Waals surface area contributed by atoms with E-state index < -0.39 is 31.2 Å². The Labute approximate surface area is 126 Å². The van der Waals surface area contributed by atoms with Gasteiger partial charge in [0.1, 0.15) is 13.8 Å². The quantitative estimate of drug-likeness (QED) is 0.487. The van der Waals surface area contributed by atoms with Crippen molar-refractivity contribution in [2.24, 2.45) is 0 Å². The van der Waals surface area contributed by atoms with Gasteiger partial charge in [0.05, 0.1) is 0 Å². The lowest BCUT2D eigenvalue weighted by molar-refractivity contribution is 0.425. The lowest BCUT2D eigenvalue weighted by atomic mass is 9.75. The van der Waals surface area contributed by atoms with Crippen LogP contribution in [0.15, 0.2) is 12.1 Å². The third-order valence-corrected chi connectivity index (χ3v) is 4.27. The van der Waals surface area contributed by atoms with Gasteiger partial charge in [0, 0.05) is 5.56 Å². The average Bonchev–Trinajstić information content (AvgIpc) is 2.26. The minimum absolute atomic E-state index is 0.135. The summed E-state index contributed by atoms with van der Waals surface area (Å²) in [6, 6.07) is 2.97. The molecule has 0 unspecified atom stereocenters. The Balaban J connectivity index is 3.43. The zero-order chi connectivity index (χ0) is 16.4. The summed E-state index contributed by atoms with van der Waals surface area (Å²) in [5, 5.41) is 18.7. The first-order valence-corrected chi connectivity index (χ1v) is 11.4. The molecule has 0 heterocycles. The third-order valence-electron chi connectivity index (χ3n) is 2.74. The van der Waals surface area contributed by atoms with E-state index in [0.29, 0.717) is 11.1 Å². The Hall–Kier alpha value is -1.14. The number of benzene rings is 1. The zero-order valence-corrected chi connectivity index (χ0v) is 14.3. The van der Waals surface area contributed by atoms with Crippen LogP contribution in [0.2, 0.25) is 19.6 Å². The standard InChI is InChI=1S/C13H18BFO4SSi/c1-10-12(9-20(15,18)19)7-11(5-6-21(2,3)4)8-13(10)14(16)17/h7-8,16-17H,9H2,1-4H3. The lowest BCUT2D eigenvalue weighted by Gasteiger charge is -2.11. The number of rotatable bonds is 3. The molecule has 0 aliphatic carbocycles. The van der Waals surface area contributed by atoms with E-state index in [2.05, 4.69) is 11.5 Å². The molecule has 0 bridgehead atoms. The van der Waals surface area contributed by atoms with Crippen molar-refractivity contribution in [1.82, 2.24) is 0 Å². The normalized spacial score (nSPS) is 11.8. The van der Waals surface area contributed by atoms with Crippen molar-refractivity contribution in [2.75, 3.05) is 0 Å². The molecule has 0 aliphatic heterocycles. The van der Waals surface area contributed by atoms with Crippen LogP contribution >= 0.6 is 0 Å². The van der Waals surface area contributed by atoms with E-state index in [0.717, 1.165) is 0 Å². The monoisotopic (exact) mass is 328 g/mol. The van der Waals surface area contributed by atoms with Crippen molar-refractivity contribution in [3.8, 4) is 11.5 Å². The Kier molecular flexibility index (Phi) is 5.39. The molecule has 21 heavy (non-hydrogen) atoms. The highest BCUT2D eigenvalue weighted by Gasteiger charge is 2.20. The van der Waals surface area contributed by atoms with Gasteiger partial charge in [-0.3, -0.25) is 0 Å². The molecule has 0 saturated carbocycles. The summed E-state index contributed by atoms with van der Waals surface area (Å²) >= 11 is 0. The second kappa shape index (κ2) is 6.32. The summed E-state index contributed by atoms with van der Waals surface area (Å²) in [5.41, 5.74) is 4.20. The fraction of sp³-hybridized carbons (Fsp3) is 0.385. The van der Waals surface area contributed by atoms with Crippen LogP contribution in [0.3, 0.4) is 0 Å². The van der Waals surface area contributed by atoms with Crippen molar-refractivity contribution >= 4 is 30.9 Å². The molecule has 0 fully saturated rings. The lowest BCUT2D eigenvalue weighted by Crippen LogP contribution is -2.33. The molecule has 114 valence electrons. The largest absolute Gasteiger partial charge is 0.488 e. The zero-order valence-electron chi connectivity index (χ0n) is 12.4. The SMILES string of the molecule is Cc1c(CS(=O)(=O)F)cc(C#C[Si](C)(C)C)cc1B(O)O. The van der Waals surface area contributed by atoms with Gasteiger partial charge in [0.2, 0.25) is 0 Å². The van der Waals surface area contributed by atoms with Gasteiger partial charge in [-0.15, -0.1) is 9.43 Å². The van der Waals surface area contributed by atoms with Gasteiger partial charge in [-0.25, -0.2) is 0 Å². The topological polar surface area (TPSA) is 74.6 Å². The third kappa shape index (κ3) is 6.01. The highest BCUT2D eigenvalue weighted by molar-refractivity contribution is 7.85. The van der Waals surface area contributed by atoms with Crippen LogP contribution in [0.1, 0.15) is 16.7 Å². The molecular formula is C13H18BFO4SSi. The number of halogens is 1. The van der Waals surface area contributed by atoms with Crippen LogP contribution in [-0.2, 0) is 16.0 Å². The van der Waals surface area contributed by atoms with Gasteiger partial charge >= 0.3 is 17.3 Å². The Morgan fingerprint density at radius 2 is 1.86 bits per heavy atom. The highest BCUT2D eigenvalue weighted by Crippen LogP contribution is 2.14. The van der Waals surface area contributed by atoms with Gasteiger partial charge in [0.25, 0.3) is 0 Å². The molecule has 4 nitrogen and oxygen atoms in total. The summed E-state index contributed by atoms with van der Waals surface area (Å²) in [7, 11) is -8.11. The van der Waals surface area contributed by atoms with Gasteiger partial charge in [-0.2, -0.15) is 8.42 Å². The maximum absolute atomic E-state index is 12.9. The number of hydrogen-bond donors (Lipinski definition) is 2. The minimum atomic E-state index is -4.71. The first-order chi connectivity index (χ1) is 9.39. The second-order valence-corrected chi connectivity index (χ2v) is 12.0. The molecule has 8 heteroatoms. The van der Waals surface area contributed by atoms with E-state index in [1.165, 1.54) is 19.1 Å². The summed E-state index contributed by atoms with van der Waals surface area (Å²) in [5.74, 6) is 2.10. The second-order valence-electron chi connectivity index (χ2n) is 5.91. The minimum Gasteiger partial charge on any atom is -0.423 e. The number of hydrogen-bond acceptors (Lipinski definition) is 4. The summed E-state index contributed by atoms with van der Waals surface area (Å²) in [6.07, 6.45) is 0. The van der Waals surface area contributed by atoms with Gasteiger partial charge < -0.3 is 10.0 Å². The van der Waals surface area contributed by atoms with Crippen molar-refractivity contribution in [2.45, 2.75) is 32.3 Å². The Bertz CT molecular complexity index is 699. The summed E-state index contributed by atoms with van der Waals surface area (Å²) in [6.45, 7) is 7.65. The van der Waals surface area contributed by atoms with Crippen molar-refractivity contribution in [1.29, 1.82) is 0 Å². The van der Waals surface area contributed by atoms with Gasteiger partial charge in [-0.1, -0.05) is 25.6 Å². The molecule has 1 aromatic carbocycles. The highest BCUT2D eigenvalue weighted by atomic mass is 32.3. The van der Waals surface area contributed by atoms with E-state index >= 15 is 0 Å². The van der Waals surface area contributed by atoms with E-state index in [1.54, 1.807) is 0 Å². The van der Waals surface area contributed by atoms with Gasteiger partial charge in [-0.05, 0) is 35.6 Å². The van der Waals surface area contributed by atoms with Crippen LogP contribution in [0.4, 0.5) is 3.89 Å². The molecule has 0 radical (unpaired) electrons. The predicted octanol–water partition coefficient (Wildman–Crippen LogP) is 0.703. The molecule has 0 atom stereocenters. The van der Waals surface area contributed by atoms with Crippen molar-refractivity contribution in [3.63, 3.8) is 0 Å². The summed E-state index contributed by atoms with van der Waals surface area (Å²) < 4.78 is 34.6. The van der Waals surface area contributed by atoms with E-state index in [1.807, 2.05) is 19.6 Å². The van der Waals surface area contributed by atoms with Crippen LogP contribution < -0.4 is 5.46 Å². The summed E-state index contributed by atoms with van der Waals surface area (Å²) in [4.78, 5) is 0. The van der Waals surface area contributed by atoms with E-state index in [9.17, 15) is 22.4 Å². The van der Waals surface area contributed by atoms with Gasteiger partial charge in [0.15, 0.2) is 0 Å². The molecule has 2 N–H and O–H groups in total. The van der Waals surface area contributed by atoms with Crippen LogP contribution in [0.25, 0.3) is 0 Å². The molecule has 0 spiro atoms. The molecular weight excluding hydrogens is 310 g/mol. The predicted molar refractivity (Wildman–Crippen MR) is 85.0 cm³/mol. The molecule has 0 saturated heterocycles. The fourth-order valence-corrected chi connectivity index (χ4v) is 2.93. The molecule has 1 aromatic rings. The maximum Gasteiger partial charge on any atom is 0.488 e. The smallest absolute Gasteiger partial charge is 0.423 e. The maximum atomic E-state index is 12.9. The van der Waals surface area contributed by atoms with Crippen molar-refractivity contribution in [3.05, 3.63) is 28.8 Å². The van der Waals surface area contributed by atoms with Crippen LogP contribution in [0, 0.1) is 18.4 Å². The molecule has 0 amide bonds.